The van der Waals surface area contributed by atoms with Crippen LogP contribution in [0.2, 0.25) is 0 Å². The zero-order valence-electron chi connectivity index (χ0n) is 9.63. The molecule has 0 aliphatic carbocycles. The van der Waals surface area contributed by atoms with Gasteiger partial charge in [-0.1, -0.05) is 0 Å². The van der Waals surface area contributed by atoms with Gasteiger partial charge in [0.1, 0.15) is 6.42 Å². The van der Waals surface area contributed by atoms with Crippen molar-refractivity contribution in [3.05, 3.63) is 17.5 Å². The highest BCUT2D eigenvalue weighted by atomic mass is 16.3. The maximum atomic E-state index is 11.7. The van der Waals surface area contributed by atoms with E-state index in [9.17, 15) is 4.79 Å². The van der Waals surface area contributed by atoms with Gasteiger partial charge in [-0.05, 0) is 13.0 Å². The number of nitriles is 1. The highest BCUT2D eigenvalue weighted by molar-refractivity contribution is 5.78. The lowest BCUT2D eigenvalue weighted by Gasteiger charge is -2.33. The van der Waals surface area contributed by atoms with Crippen LogP contribution in [0.15, 0.2) is 6.07 Å². The van der Waals surface area contributed by atoms with Gasteiger partial charge in [-0.3, -0.25) is 9.48 Å². The number of amides is 1. The van der Waals surface area contributed by atoms with Gasteiger partial charge in [-0.25, -0.2) is 0 Å². The van der Waals surface area contributed by atoms with Crippen LogP contribution in [0.1, 0.15) is 24.7 Å². The van der Waals surface area contributed by atoms with E-state index in [0.29, 0.717) is 18.8 Å². The van der Waals surface area contributed by atoms with Gasteiger partial charge in [-0.15, -0.1) is 0 Å². The maximum absolute atomic E-state index is 11.7. The second-order valence-electron chi connectivity index (χ2n) is 4.17. The maximum Gasteiger partial charge on any atom is 0.237 e. The Bertz CT molecular complexity index is 474. The summed E-state index contributed by atoms with van der Waals surface area (Å²) in [5, 5.41) is 21.8. The lowest BCUT2D eigenvalue weighted by atomic mass is 10.2. The molecule has 1 amide bonds. The molecule has 6 nitrogen and oxygen atoms in total. The topological polar surface area (TPSA) is 82.2 Å². The van der Waals surface area contributed by atoms with Crippen LogP contribution < -0.4 is 0 Å². The molecule has 0 saturated carbocycles. The number of aromatic nitrogens is 2. The van der Waals surface area contributed by atoms with Crippen LogP contribution >= 0.6 is 0 Å². The summed E-state index contributed by atoms with van der Waals surface area (Å²) in [4.78, 5) is 13.4. The van der Waals surface area contributed by atoms with E-state index in [-0.39, 0.29) is 25.0 Å². The molecule has 2 heterocycles. The Balaban J connectivity index is 2.20. The molecule has 0 fully saturated rings. The van der Waals surface area contributed by atoms with Crippen LogP contribution in [0.3, 0.4) is 0 Å². The Morgan fingerprint density at radius 2 is 2.53 bits per heavy atom. The fourth-order valence-electron chi connectivity index (χ4n) is 2.06. The van der Waals surface area contributed by atoms with Crippen molar-refractivity contribution in [2.45, 2.75) is 39.1 Å². The Kier molecular flexibility index (Phi) is 3.11. The van der Waals surface area contributed by atoms with Crippen LogP contribution in [0.4, 0.5) is 0 Å². The summed E-state index contributed by atoms with van der Waals surface area (Å²) in [7, 11) is 0. The van der Waals surface area contributed by atoms with Gasteiger partial charge >= 0.3 is 0 Å². The molecule has 1 aliphatic heterocycles. The van der Waals surface area contributed by atoms with E-state index in [1.54, 1.807) is 11.0 Å². The van der Waals surface area contributed by atoms with Crippen molar-refractivity contribution in [2.24, 2.45) is 0 Å². The number of aliphatic hydroxyl groups excluding tert-OH is 1. The lowest BCUT2D eigenvalue weighted by Crippen LogP contribution is -2.44. The predicted octanol–water partition coefficient (Wildman–Crippen LogP) is 0.0198. The van der Waals surface area contributed by atoms with Gasteiger partial charge in [-0.2, -0.15) is 10.4 Å². The van der Waals surface area contributed by atoms with Crippen molar-refractivity contribution < 1.29 is 9.90 Å². The average Bonchev–Trinajstić information content (AvgIpc) is 2.70. The number of nitrogens with zero attached hydrogens (tertiary/aromatic N) is 4. The summed E-state index contributed by atoms with van der Waals surface area (Å²) in [6.45, 7) is 2.89. The minimum atomic E-state index is -0.155. The van der Waals surface area contributed by atoms with Gasteiger partial charge in [0.15, 0.2) is 0 Å². The molecule has 0 saturated heterocycles. The molecule has 1 aromatic heterocycles. The van der Waals surface area contributed by atoms with Gasteiger partial charge in [0.25, 0.3) is 0 Å². The summed E-state index contributed by atoms with van der Waals surface area (Å²) in [6.07, 6.45) is -0.0919. The van der Waals surface area contributed by atoms with Crippen molar-refractivity contribution in [3.63, 3.8) is 0 Å². The molecule has 0 unspecified atom stereocenters. The molecule has 2 rings (SSSR count). The molecular formula is C11H14N4O2. The predicted molar refractivity (Wildman–Crippen MR) is 58.4 cm³/mol. The standard InChI is InChI=1S/C11H14N4O2/c1-8-5-15-10(4-9(7-16)13-15)6-14(8)11(17)2-3-12/h4,8,16H,2,5-7H2,1H3/t8-/m1/s1. The van der Waals surface area contributed by atoms with E-state index in [0.717, 1.165) is 5.69 Å². The molecule has 0 aromatic carbocycles. The van der Waals surface area contributed by atoms with E-state index in [1.807, 2.05) is 17.7 Å². The van der Waals surface area contributed by atoms with E-state index in [2.05, 4.69) is 5.10 Å². The number of hydrogen-bond acceptors (Lipinski definition) is 4. The van der Waals surface area contributed by atoms with Crippen LogP contribution in [-0.2, 0) is 24.5 Å². The summed E-state index contributed by atoms with van der Waals surface area (Å²) in [5.41, 5.74) is 1.51. The first kappa shape index (κ1) is 11.6. The van der Waals surface area contributed by atoms with E-state index >= 15 is 0 Å². The molecule has 90 valence electrons. The van der Waals surface area contributed by atoms with Crippen LogP contribution in [-0.4, -0.2) is 31.7 Å². The van der Waals surface area contributed by atoms with E-state index < -0.39 is 0 Å². The second kappa shape index (κ2) is 4.55. The Labute approximate surface area is 99.1 Å². The third kappa shape index (κ3) is 2.15. The summed E-state index contributed by atoms with van der Waals surface area (Å²) >= 11 is 0. The SMILES string of the molecule is C[C@@H]1Cn2nc(CO)cc2CN1C(=O)CC#N. The smallest absolute Gasteiger partial charge is 0.237 e. The molecule has 6 heteroatoms. The molecule has 1 N–H and O–H groups in total. The Hall–Kier alpha value is -1.87. The molecule has 0 radical (unpaired) electrons. The first-order chi connectivity index (χ1) is 8.15. The van der Waals surface area contributed by atoms with Crippen molar-refractivity contribution in [2.75, 3.05) is 0 Å². The Morgan fingerprint density at radius 1 is 1.76 bits per heavy atom. The molecule has 0 bridgehead atoms. The fourth-order valence-corrected chi connectivity index (χ4v) is 2.06. The summed E-state index contributed by atoms with van der Waals surface area (Å²) in [6, 6.07) is 3.69. The molecule has 1 aromatic rings. The highest BCUT2D eigenvalue weighted by Crippen LogP contribution is 2.19. The average molecular weight is 234 g/mol. The number of hydrogen-bond donors (Lipinski definition) is 1. The Morgan fingerprint density at radius 3 is 3.18 bits per heavy atom. The number of aliphatic hydroxyl groups is 1. The van der Waals surface area contributed by atoms with Crippen molar-refractivity contribution >= 4 is 5.91 Å². The number of carbonyl (C=O) groups excluding carboxylic acids is 1. The molecular weight excluding hydrogens is 220 g/mol. The number of rotatable bonds is 2. The lowest BCUT2D eigenvalue weighted by molar-refractivity contribution is -0.134. The molecule has 1 atom stereocenters. The van der Waals surface area contributed by atoms with Gasteiger partial charge in [0, 0.05) is 6.04 Å². The molecule has 1 aliphatic rings. The van der Waals surface area contributed by atoms with Crippen LogP contribution in [0.5, 0.6) is 0 Å². The largest absolute Gasteiger partial charge is 0.390 e. The first-order valence-corrected chi connectivity index (χ1v) is 5.48. The molecule has 17 heavy (non-hydrogen) atoms. The monoisotopic (exact) mass is 234 g/mol. The zero-order valence-corrected chi connectivity index (χ0v) is 9.63. The number of carbonyl (C=O) groups is 1. The third-order valence-electron chi connectivity index (χ3n) is 2.93. The third-order valence-corrected chi connectivity index (χ3v) is 2.93. The van der Waals surface area contributed by atoms with Crippen LogP contribution in [0.25, 0.3) is 0 Å². The van der Waals surface area contributed by atoms with Gasteiger partial charge in [0.05, 0.1) is 37.2 Å². The fraction of sp³-hybridized carbons (Fsp3) is 0.545. The van der Waals surface area contributed by atoms with Crippen molar-refractivity contribution in [1.29, 1.82) is 5.26 Å². The molecule has 0 spiro atoms. The van der Waals surface area contributed by atoms with Crippen molar-refractivity contribution in [1.82, 2.24) is 14.7 Å². The van der Waals surface area contributed by atoms with Crippen molar-refractivity contribution in [3.8, 4) is 6.07 Å². The summed E-state index contributed by atoms with van der Waals surface area (Å²) < 4.78 is 1.81. The van der Waals surface area contributed by atoms with Crippen LogP contribution in [0, 0.1) is 11.3 Å². The summed E-state index contributed by atoms with van der Waals surface area (Å²) in [5.74, 6) is -0.155. The second-order valence-corrected chi connectivity index (χ2v) is 4.17. The minimum absolute atomic E-state index is 0.0230. The van der Waals surface area contributed by atoms with E-state index in [1.165, 1.54) is 0 Å². The first-order valence-electron chi connectivity index (χ1n) is 5.48. The zero-order chi connectivity index (χ0) is 12.4. The quantitative estimate of drug-likeness (QED) is 0.782. The highest BCUT2D eigenvalue weighted by Gasteiger charge is 2.27. The van der Waals surface area contributed by atoms with Gasteiger partial charge < -0.3 is 10.0 Å². The minimum Gasteiger partial charge on any atom is -0.390 e. The normalized spacial score (nSPS) is 18.6. The van der Waals surface area contributed by atoms with E-state index in [4.69, 9.17) is 10.4 Å². The van der Waals surface area contributed by atoms with Gasteiger partial charge in [0.2, 0.25) is 5.91 Å². The number of fused-ring (bicyclic) bond motifs is 1.